The van der Waals surface area contributed by atoms with Crippen LogP contribution in [0.2, 0.25) is 0 Å². The predicted octanol–water partition coefficient (Wildman–Crippen LogP) is 4.24. The van der Waals surface area contributed by atoms with Crippen molar-refractivity contribution in [3.8, 4) is 11.5 Å². The Hall–Kier alpha value is -4.30. The van der Waals surface area contributed by atoms with E-state index in [0.717, 1.165) is 10.5 Å². The van der Waals surface area contributed by atoms with Crippen LogP contribution in [0.1, 0.15) is 15.9 Å². The highest BCUT2D eigenvalue weighted by Gasteiger charge is 2.39. The maximum absolute atomic E-state index is 12.9. The number of nitrogens with zero attached hydrogens (tertiary/aromatic N) is 1. The highest BCUT2D eigenvalue weighted by Crippen LogP contribution is 2.32. The molecule has 4 rings (SSSR count). The number of rotatable bonds is 6. The fourth-order valence-electron chi connectivity index (χ4n) is 3.35. The number of hydrogen-bond acceptors (Lipinski definition) is 7. The molecular formula is C25H20ClN3O5. The minimum absolute atomic E-state index is 0.0720. The normalized spacial score (nSPS) is 13.3. The summed E-state index contributed by atoms with van der Waals surface area (Å²) >= 11 is 6.18. The molecule has 34 heavy (non-hydrogen) atoms. The molecule has 0 atom stereocenters. The van der Waals surface area contributed by atoms with Gasteiger partial charge in [-0.2, -0.15) is 0 Å². The molecule has 0 bridgehead atoms. The number of anilines is 3. The molecule has 1 aliphatic heterocycles. The summed E-state index contributed by atoms with van der Waals surface area (Å²) in [7, 11) is 1.49. The Bertz CT molecular complexity index is 1330. The second-order valence-corrected chi connectivity index (χ2v) is 7.85. The van der Waals surface area contributed by atoms with Gasteiger partial charge in [0.2, 0.25) is 0 Å². The molecule has 3 aromatic carbocycles. The quantitative estimate of drug-likeness (QED) is 0.236. The Morgan fingerprint density at radius 3 is 2.41 bits per heavy atom. The van der Waals surface area contributed by atoms with Crippen LogP contribution in [0.15, 0.2) is 77.5 Å². The van der Waals surface area contributed by atoms with Crippen LogP contribution >= 0.6 is 11.6 Å². The van der Waals surface area contributed by atoms with Crippen LogP contribution in [0.5, 0.6) is 11.5 Å². The van der Waals surface area contributed by atoms with Crippen LogP contribution in [0.25, 0.3) is 0 Å². The Morgan fingerprint density at radius 2 is 1.74 bits per heavy atom. The standard InChI is InChI=1S/C25H20ClN3O5/c1-14-6-11-20(19(27)12-14)34-25(32)15-7-9-16(10-8-15)28-22-21(26)23(30)29(24(22)31)17-4-3-5-18(13-17)33-2/h3-13,28H,27H2,1-2H3. The van der Waals surface area contributed by atoms with Crippen LogP contribution in [-0.2, 0) is 9.59 Å². The number of nitrogens with two attached hydrogens (primary N) is 1. The molecule has 0 saturated carbocycles. The topological polar surface area (TPSA) is 111 Å². The average Bonchev–Trinajstić information content (AvgIpc) is 3.04. The molecular weight excluding hydrogens is 458 g/mol. The number of imide groups is 1. The Kier molecular flexibility index (Phi) is 6.25. The molecule has 0 aliphatic carbocycles. The van der Waals surface area contributed by atoms with E-state index in [4.69, 9.17) is 26.8 Å². The minimum Gasteiger partial charge on any atom is -0.497 e. The van der Waals surface area contributed by atoms with Gasteiger partial charge in [-0.25, -0.2) is 9.69 Å². The summed E-state index contributed by atoms with van der Waals surface area (Å²) in [4.78, 5) is 39.0. The lowest BCUT2D eigenvalue weighted by atomic mass is 10.2. The van der Waals surface area contributed by atoms with Crippen LogP contribution in [0.4, 0.5) is 17.1 Å². The number of nitrogens with one attached hydrogen (secondary N) is 1. The summed E-state index contributed by atoms with van der Waals surface area (Å²) in [6, 6.07) is 17.8. The second kappa shape index (κ2) is 9.29. The maximum atomic E-state index is 12.9. The summed E-state index contributed by atoms with van der Waals surface area (Å²) in [6.07, 6.45) is 0. The van der Waals surface area contributed by atoms with E-state index in [1.54, 1.807) is 54.6 Å². The van der Waals surface area contributed by atoms with E-state index in [1.165, 1.54) is 19.2 Å². The SMILES string of the molecule is COc1cccc(N2C(=O)C(Cl)=C(Nc3ccc(C(=O)Oc4ccc(C)cc4N)cc3)C2=O)c1. The van der Waals surface area contributed by atoms with E-state index in [0.29, 0.717) is 22.8 Å². The predicted molar refractivity (Wildman–Crippen MR) is 129 cm³/mol. The molecule has 3 N–H and O–H groups in total. The van der Waals surface area contributed by atoms with Crippen molar-refractivity contribution in [1.82, 2.24) is 0 Å². The van der Waals surface area contributed by atoms with Crippen molar-refractivity contribution in [1.29, 1.82) is 0 Å². The molecule has 2 amide bonds. The van der Waals surface area contributed by atoms with E-state index < -0.39 is 17.8 Å². The number of amides is 2. The highest BCUT2D eigenvalue weighted by atomic mass is 35.5. The van der Waals surface area contributed by atoms with Crippen molar-refractivity contribution in [2.75, 3.05) is 23.1 Å². The lowest BCUT2D eigenvalue weighted by Gasteiger charge is -2.16. The van der Waals surface area contributed by atoms with Gasteiger partial charge in [-0.1, -0.05) is 23.7 Å². The van der Waals surface area contributed by atoms with E-state index in [-0.39, 0.29) is 22.0 Å². The minimum atomic E-state index is -0.654. The fraction of sp³-hybridized carbons (Fsp3) is 0.0800. The number of hydrogen-bond donors (Lipinski definition) is 2. The highest BCUT2D eigenvalue weighted by molar-refractivity contribution is 6.53. The zero-order chi connectivity index (χ0) is 24.4. The van der Waals surface area contributed by atoms with Crippen molar-refractivity contribution in [3.05, 3.63) is 88.6 Å². The number of carbonyl (C=O) groups is 3. The first-order valence-electron chi connectivity index (χ1n) is 10.2. The Morgan fingerprint density at radius 1 is 1.00 bits per heavy atom. The molecule has 8 nitrogen and oxygen atoms in total. The van der Waals surface area contributed by atoms with Crippen molar-refractivity contribution in [2.45, 2.75) is 6.92 Å². The first kappa shape index (κ1) is 22.9. The van der Waals surface area contributed by atoms with Gasteiger partial charge in [0, 0.05) is 11.8 Å². The summed E-state index contributed by atoms with van der Waals surface area (Å²) in [5, 5.41) is 2.62. The smallest absolute Gasteiger partial charge is 0.343 e. The van der Waals surface area contributed by atoms with Gasteiger partial charge in [-0.05, 0) is 61.0 Å². The first-order chi connectivity index (χ1) is 16.3. The number of nitrogen functional groups attached to an aromatic ring is 1. The fourth-order valence-corrected chi connectivity index (χ4v) is 3.56. The molecule has 0 spiro atoms. The lowest BCUT2D eigenvalue weighted by Crippen LogP contribution is -2.32. The van der Waals surface area contributed by atoms with Crippen LogP contribution in [-0.4, -0.2) is 24.9 Å². The molecule has 0 saturated heterocycles. The Labute approximate surface area is 200 Å². The Balaban J connectivity index is 1.49. The molecule has 3 aromatic rings. The summed E-state index contributed by atoms with van der Waals surface area (Å²) in [6.45, 7) is 1.88. The van der Waals surface area contributed by atoms with Crippen molar-refractivity contribution in [2.24, 2.45) is 0 Å². The van der Waals surface area contributed by atoms with Crippen molar-refractivity contribution < 1.29 is 23.9 Å². The number of aryl methyl sites for hydroxylation is 1. The summed E-state index contributed by atoms with van der Waals surface area (Å²) < 4.78 is 10.5. The maximum Gasteiger partial charge on any atom is 0.343 e. The van der Waals surface area contributed by atoms with Gasteiger partial charge in [0.25, 0.3) is 11.8 Å². The van der Waals surface area contributed by atoms with Crippen LogP contribution < -0.4 is 25.4 Å². The van der Waals surface area contributed by atoms with Gasteiger partial charge < -0.3 is 20.5 Å². The lowest BCUT2D eigenvalue weighted by molar-refractivity contribution is -0.120. The van der Waals surface area contributed by atoms with E-state index in [1.807, 2.05) is 6.92 Å². The van der Waals surface area contributed by atoms with Gasteiger partial charge in [0.1, 0.15) is 16.5 Å². The van der Waals surface area contributed by atoms with Crippen molar-refractivity contribution >= 4 is 46.4 Å². The number of methoxy groups -OCH3 is 1. The molecule has 1 aliphatic rings. The van der Waals surface area contributed by atoms with E-state index in [9.17, 15) is 14.4 Å². The number of carbonyl (C=O) groups excluding carboxylic acids is 3. The molecule has 172 valence electrons. The molecule has 0 unspecified atom stereocenters. The van der Waals surface area contributed by atoms with Crippen LogP contribution in [0.3, 0.4) is 0 Å². The average molecular weight is 478 g/mol. The molecule has 1 heterocycles. The third-order valence-electron chi connectivity index (χ3n) is 5.10. The molecule has 0 fully saturated rings. The van der Waals surface area contributed by atoms with E-state index in [2.05, 4.69) is 5.32 Å². The molecule has 0 aromatic heterocycles. The first-order valence-corrected chi connectivity index (χ1v) is 10.5. The number of benzene rings is 3. The molecule has 9 heteroatoms. The molecule has 0 radical (unpaired) electrons. The van der Waals surface area contributed by atoms with Crippen molar-refractivity contribution in [3.63, 3.8) is 0 Å². The van der Waals surface area contributed by atoms with Gasteiger partial charge in [0.15, 0.2) is 5.75 Å². The van der Waals surface area contributed by atoms with Gasteiger partial charge in [-0.3, -0.25) is 9.59 Å². The summed E-state index contributed by atoms with van der Waals surface area (Å²) in [5.74, 6) is -1.09. The zero-order valence-corrected chi connectivity index (χ0v) is 19.1. The number of halogens is 1. The van der Waals surface area contributed by atoms with Gasteiger partial charge in [0.05, 0.1) is 24.0 Å². The van der Waals surface area contributed by atoms with Gasteiger partial charge >= 0.3 is 5.97 Å². The third kappa shape index (κ3) is 4.44. The largest absolute Gasteiger partial charge is 0.497 e. The van der Waals surface area contributed by atoms with E-state index >= 15 is 0 Å². The second-order valence-electron chi connectivity index (χ2n) is 7.47. The number of ether oxygens (including phenoxy) is 2. The van der Waals surface area contributed by atoms with Crippen LogP contribution in [0, 0.1) is 6.92 Å². The third-order valence-corrected chi connectivity index (χ3v) is 5.45. The van der Waals surface area contributed by atoms with Gasteiger partial charge in [-0.15, -0.1) is 0 Å². The number of esters is 1. The zero-order valence-electron chi connectivity index (χ0n) is 18.3. The summed E-state index contributed by atoms with van der Waals surface area (Å²) in [5.41, 5.74) is 8.19. The monoisotopic (exact) mass is 477 g/mol.